The van der Waals surface area contributed by atoms with Crippen molar-refractivity contribution in [2.24, 2.45) is 0 Å². The molecule has 1 N–H and O–H groups in total. The van der Waals surface area contributed by atoms with Crippen molar-refractivity contribution in [1.82, 2.24) is 24.7 Å². The molecule has 0 amide bonds. The van der Waals surface area contributed by atoms with Crippen molar-refractivity contribution in [3.8, 4) is 5.69 Å². The van der Waals surface area contributed by atoms with Crippen LogP contribution >= 0.6 is 0 Å². The Balaban J connectivity index is 1.61. The zero-order valence-electron chi connectivity index (χ0n) is 13.5. The zero-order valence-corrected chi connectivity index (χ0v) is 13.5. The van der Waals surface area contributed by atoms with Crippen LogP contribution in [0.3, 0.4) is 0 Å². The largest absolute Gasteiger partial charge is 0.363 e. The van der Waals surface area contributed by atoms with Crippen molar-refractivity contribution in [2.75, 3.05) is 5.32 Å². The van der Waals surface area contributed by atoms with E-state index in [1.807, 2.05) is 31.2 Å². The second-order valence-electron chi connectivity index (χ2n) is 5.65. The van der Waals surface area contributed by atoms with Crippen LogP contribution in [0.25, 0.3) is 16.6 Å². The Bertz CT molecular complexity index is 993. The molecule has 0 saturated heterocycles. The van der Waals surface area contributed by atoms with Crippen LogP contribution < -0.4 is 5.32 Å². The number of anilines is 1. The van der Waals surface area contributed by atoms with Gasteiger partial charge in [0, 0.05) is 6.04 Å². The van der Waals surface area contributed by atoms with Gasteiger partial charge in [-0.3, -0.25) is 0 Å². The van der Waals surface area contributed by atoms with Crippen LogP contribution in [0.1, 0.15) is 18.5 Å². The fraction of sp³-hybridized carbons (Fsp3) is 0.111. The summed E-state index contributed by atoms with van der Waals surface area (Å²) in [6.45, 7) is 2.00. The number of hydrogen-bond acceptors (Lipinski definition) is 5. The van der Waals surface area contributed by atoms with Gasteiger partial charge in [0.2, 0.25) is 0 Å². The summed E-state index contributed by atoms with van der Waals surface area (Å²) in [6.07, 6.45) is 4.57. The van der Waals surface area contributed by atoms with E-state index >= 15 is 0 Å². The molecule has 0 saturated carbocycles. The highest BCUT2D eigenvalue weighted by Crippen LogP contribution is 2.26. The summed E-state index contributed by atoms with van der Waals surface area (Å²) in [6, 6.07) is 12.7. The highest BCUT2D eigenvalue weighted by Gasteiger charge is 2.12. The Labute approximate surface area is 143 Å². The Morgan fingerprint density at radius 3 is 2.64 bits per heavy atom. The number of rotatable bonds is 4. The number of hydrogen-bond donors (Lipinski definition) is 1. The van der Waals surface area contributed by atoms with Gasteiger partial charge in [0.05, 0.1) is 16.6 Å². The Kier molecular flexibility index (Phi) is 3.81. The molecule has 124 valence electrons. The lowest BCUT2D eigenvalue weighted by Crippen LogP contribution is -2.09. The van der Waals surface area contributed by atoms with Crippen molar-refractivity contribution in [2.45, 2.75) is 13.0 Å². The van der Waals surface area contributed by atoms with E-state index in [4.69, 9.17) is 0 Å². The Morgan fingerprint density at radius 1 is 1.04 bits per heavy atom. The summed E-state index contributed by atoms with van der Waals surface area (Å²) in [4.78, 5) is 12.3. The molecule has 2 aromatic carbocycles. The molecule has 0 aliphatic rings. The number of fused-ring (bicyclic) bond motifs is 1. The van der Waals surface area contributed by atoms with Gasteiger partial charge in [0.25, 0.3) is 0 Å². The quantitative estimate of drug-likeness (QED) is 0.618. The molecule has 0 fully saturated rings. The van der Waals surface area contributed by atoms with Gasteiger partial charge in [-0.05, 0) is 36.8 Å². The molecule has 0 bridgehead atoms. The molecule has 0 radical (unpaired) electrons. The van der Waals surface area contributed by atoms with Crippen LogP contribution in [0.5, 0.6) is 0 Å². The smallest absolute Gasteiger partial charge is 0.140 e. The molecule has 7 heteroatoms. The van der Waals surface area contributed by atoms with Crippen LogP contribution in [0.2, 0.25) is 0 Å². The van der Waals surface area contributed by atoms with Gasteiger partial charge >= 0.3 is 0 Å². The molecule has 6 nitrogen and oxygen atoms in total. The highest BCUT2D eigenvalue weighted by molar-refractivity contribution is 5.89. The number of benzene rings is 2. The van der Waals surface area contributed by atoms with Crippen molar-refractivity contribution >= 4 is 16.7 Å². The van der Waals surface area contributed by atoms with E-state index in [2.05, 4.69) is 25.4 Å². The van der Waals surface area contributed by atoms with E-state index in [0.717, 1.165) is 11.3 Å². The Hall–Kier alpha value is -3.35. The van der Waals surface area contributed by atoms with Gasteiger partial charge in [0.1, 0.15) is 30.6 Å². The molecular formula is C18H15FN6. The van der Waals surface area contributed by atoms with Crippen LogP contribution in [0.15, 0.2) is 61.4 Å². The normalized spacial score (nSPS) is 12.2. The SMILES string of the molecule is CC(Nc1ncnc2cccc(F)c12)c1ccc(-n2cncn2)cc1. The van der Waals surface area contributed by atoms with Crippen LogP contribution in [-0.4, -0.2) is 24.7 Å². The summed E-state index contributed by atoms with van der Waals surface area (Å²) in [5.41, 5.74) is 2.55. The highest BCUT2D eigenvalue weighted by atomic mass is 19.1. The van der Waals surface area contributed by atoms with Crippen molar-refractivity contribution < 1.29 is 4.39 Å². The molecule has 4 aromatic rings. The van der Waals surface area contributed by atoms with Crippen LogP contribution in [-0.2, 0) is 0 Å². The fourth-order valence-electron chi connectivity index (χ4n) is 2.72. The molecule has 0 aliphatic heterocycles. The van der Waals surface area contributed by atoms with E-state index in [-0.39, 0.29) is 11.9 Å². The third kappa shape index (κ3) is 2.91. The maximum absolute atomic E-state index is 14.2. The van der Waals surface area contributed by atoms with Gasteiger partial charge in [-0.25, -0.2) is 24.0 Å². The number of nitrogens with zero attached hydrogens (tertiary/aromatic N) is 5. The molecule has 2 heterocycles. The van der Waals surface area contributed by atoms with E-state index in [9.17, 15) is 4.39 Å². The fourth-order valence-corrected chi connectivity index (χ4v) is 2.72. The molecule has 4 rings (SSSR count). The topological polar surface area (TPSA) is 68.5 Å². The second kappa shape index (κ2) is 6.27. The summed E-state index contributed by atoms with van der Waals surface area (Å²) in [7, 11) is 0. The minimum Gasteiger partial charge on any atom is -0.363 e. The maximum Gasteiger partial charge on any atom is 0.140 e. The summed E-state index contributed by atoms with van der Waals surface area (Å²) in [5.74, 6) is 0.144. The molecule has 0 spiro atoms. The third-order valence-electron chi connectivity index (χ3n) is 4.04. The van der Waals surface area contributed by atoms with Crippen molar-refractivity contribution in [3.63, 3.8) is 0 Å². The van der Waals surface area contributed by atoms with Crippen LogP contribution in [0.4, 0.5) is 10.2 Å². The number of nitrogens with one attached hydrogen (secondary N) is 1. The van der Waals surface area contributed by atoms with Gasteiger partial charge in [0.15, 0.2) is 0 Å². The van der Waals surface area contributed by atoms with Crippen molar-refractivity contribution in [3.05, 3.63) is 72.8 Å². The van der Waals surface area contributed by atoms with E-state index in [1.54, 1.807) is 23.1 Å². The summed E-state index contributed by atoms with van der Waals surface area (Å²) in [5, 5.41) is 7.77. The second-order valence-corrected chi connectivity index (χ2v) is 5.65. The lowest BCUT2D eigenvalue weighted by atomic mass is 10.1. The van der Waals surface area contributed by atoms with Gasteiger partial charge < -0.3 is 5.32 Å². The predicted octanol–water partition coefficient (Wildman–Crippen LogP) is 3.52. The molecule has 25 heavy (non-hydrogen) atoms. The summed E-state index contributed by atoms with van der Waals surface area (Å²) < 4.78 is 15.9. The molecule has 2 aromatic heterocycles. The average Bonchev–Trinajstić information content (AvgIpc) is 3.17. The molecule has 1 unspecified atom stereocenters. The van der Waals surface area contributed by atoms with E-state index in [1.165, 1.54) is 18.7 Å². The first-order chi connectivity index (χ1) is 12.2. The number of aromatic nitrogens is 5. The van der Waals surface area contributed by atoms with Crippen LogP contribution in [0, 0.1) is 5.82 Å². The molecule has 1 atom stereocenters. The average molecular weight is 334 g/mol. The van der Waals surface area contributed by atoms with Crippen molar-refractivity contribution in [1.29, 1.82) is 0 Å². The molecular weight excluding hydrogens is 319 g/mol. The predicted molar refractivity (Wildman–Crippen MR) is 92.9 cm³/mol. The first-order valence-corrected chi connectivity index (χ1v) is 7.83. The van der Waals surface area contributed by atoms with Gasteiger partial charge in [-0.2, -0.15) is 5.10 Å². The van der Waals surface area contributed by atoms with E-state index < -0.39 is 0 Å². The zero-order chi connectivity index (χ0) is 17.2. The van der Waals surface area contributed by atoms with Gasteiger partial charge in [-0.1, -0.05) is 18.2 Å². The first-order valence-electron chi connectivity index (χ1n) is 7.83. The third-order valence-corrected chi connectivity index (χ3v) is 4.04. The monoisotopic (exact) mass is 334 g/mol. The number of halogens is 1. The Morgan fingerprint density at radius 2 is 1.88 bits per heavy atom. The molecule has 0 aliphatic carbocycles. The standard InChI is InChI=1S/C18H15FN6/c1-12(13-5-7-14(8-6-13)25-11-20-9-23-25)24-18-17-15(19)3-2-4-16(17)21-10-22-18/h2-12H,1H3,(H,21,22,24). The van der Waals surface area contributed by atoms with E-state index in [0.29, 0.717) is 16.7 Å². The minimum absolute atomic E-state index is 0.0532. The maximum atomic E-state index is 14.2. The first kappa shape index (κ1) is 15.2. The summed E-state index contributed by atoms with van der Waals surface area (Å²) >= 11 is 0. The van der Waals surface area contributed by atoms with Gasteiger partial charge in [-0.15, -0.1) is 0 Å². The minimum atomic E-state index is -0.339. The lowest BCUT2D eigenvalue weighted by Gasteiger charge is -2.16. The lowest BCUT2D eigenvalue weighted by molar-refractivity contribution is 0.639.